The summed E-state index contributed by atoms with van der Waals surface area (Å²) in [7, 11) is 0. The second kappa shape index (κ2) is 9.37. The molecule has 0 aliphatic rings. The maximum atomic E-state index is 14.4. The number of carbonyl (C=O) groups is 1. The third kappa shape index (κ3) is 4.77. The predicted molar refractivity (Wildman–Crippen MR) is 131 cm³/mol. The van der Waals surface area contributed by atoms with E-state index in [1.165, 1.54) is 12.1 Å². The smallest absolute Gasteiger partial charge is 0.255 e. The standard InChI is InChI=1S/C27H19ClFN3O2/c28-23-16-31-25-15-24(29)26(14-22(23)25)32-27(33)18-10-11-30-19(13-18)12-17-6-8-21(9-7-17)34-20-4-2-1-3-5-20/h1-11,13-16,31H,12H2,(H,32,33). The summed E-state index contributed by atoms with van der Waals surface area (Å²) >= 11 is 6.12. The van der Waals surface area contributed by atoms with Crippen LogP contribution in [0.4, 0.5) is 10.1 Å². The molecule has 34 heavy (non-hydrogen) atoms. The minimum atomic E-state index is -0.550. The normalized spacial score (nSPS) is 10.9. The van der Waals surface area contributed by atoms with E-state index in [4.69, 9.17) is 16.3 Å². The number of hydrogen-bond acceptors (Lipinski definition) is 3. The van der Waals surface area contributed by atoms with E-state index in [0.717, 1.165) is 17.1 Å². The Morgan fingerprint density at radius 3 is 2.56 bits per heavy atom. The lowest BCUT2D eigenvalue weighted by atomic mass is 10.1. The van der Waals surface area contributed by atoms with Crippen molar-refractivity contribution >= 4 is 34.1 Å². The van der Waals surface area contributed by atoms with Crippen LogP contribution < -0.4 is 10.1 Å². The molecule has 2 aromatic heterocycles. The Labute approximate surface area is 200 Å². The molecule has 3 aromatic carbocycles. The van der Waals surface area contributed by atoms with Crippen LogP contribution in [0.25, 0.3) is 10.9 Å². The SMILES string of the molecule is O=C(Nc1cc2c(Cl)c[nH]c2cc1F)c1ccnc(Cc2ccc(Oc3ccccc3)cc2)c1. The van der Waals surface area contributed by atoms with E-state index in [2.05, 4.69) is 15.3 Å². The molecule has 0 spiro atoms. The minimum absolute atomic E-state index is 0.0615. The highest BCUT2D eigenvalue weighted by molar-refractivity contribution is 6.35. The van der Waals surface area contributed by atoms with Gasteiger partial charge in [-0.3, -0.25) is 9.78 Å². The van der Waals surface area contributed by atoms with Gasteiger partial charge in [0.05, 0.1) is 10.7 Å². The number of aromatic nitrogens is 2. The number of nitrogens with zero attached hydrogens (tertiary/aromatic N) is 1. The van der Waals surface area contributed by atoms with Gasteiger partial charge in [-0.15, -0.1) is 0 Å². The molecule has 1 amide bonds. The van der Waals surface area contributed by atoms with Gasteiger partial charge in [0.2, 0.25) is 0 Å². The molecule has 2 heterocycles. The summed E-state index contributed by atoms with van der Waals surface area (Å²) in [4.78, 5) is 20.0. The number of rotatable bonds is 6. The molecule has 7 heteroatoms. The number of pyridine rings is 1. The second-order valence-electron chi connectivity index (χ2n) is 7.74. The highest BCUT2D eigenvalue weighted by Gasteiger charge is 2.13. The number of aromatic amines is 1. The van der Waals surface area contributed by atoms with Crippen molar-refractivity contribution in [2.24, 2.45) is 0 Å². The minimum Gasteiger partial charge on any atom is -0.457 e. The molecule has 0 saturated carbocycles. The van der Waals surface area contributed by atoms with Crippen LogP contribution in [0.5, 0.6) is 11.5 Å². The summed E-state index contributed by atoms with van der Waals surface area (Å²) in [5.41, 5.74) is 2.74. The molecule has 0 unspecified atom stereocenters. The average Bonchev–Trinajstić information content (AvgIpc) is 3.20. The maximum Gasteiger partial charge on any atom is 0.255 e. The Morgan fingerprint density at radius 2 is 1.76 bits per heavy atom. The van der Waals surface area contributed by atoms with Crippen molar-refractivity contribution in [1.29, 1.82) is 0 Å². The van der Waals surface area contributed by atoms with Crippen molar-refractivity contribution in [2.75, 3.05) is 5.32 Å². The van der Waals surface area contributed by atoms with Crippen LogP contribution in [0, 0.1) is 5.82 Å². The Bertz CT molecular complexity index is 1470. The second-order valence-corrected chi connectivity index (χ2v) is 8.15. The van der Waals surface area contributed by atoms with E-state index in [-0.39, 0.29) is 5.69 Å². The van der Waals surface area contributed by atoms with Crippen molar-refractivity contribution < 1.29 is 13.9 Å². The van der Waals surface area contributed by atoms with Gasteiger partial charge in [0.25, 0.3) is 5.91 Å². The molecule has 5 rings (SSSR count). The molecule has 2 N–H and O–H groups in total. The third-order valence-corrected chi connectivity index (χ3v) is 5.65. The first-order valence-corrected chi connectivity index (χ1v) is 11.0. The van der Waals surface area contributed by atoms with Crippen LogP contribution in [-0.4, -0.2) is 15.9 Å². The van der Waals surface area contributed by atoms with Crippen LogP contribution in [0.15, 0.2) is 91.3 Å². The fourth-order valence-corrected chi connectivity index (χ4v) is 3.84. The van der Waals surface area contributed by atoms with Gasteiger partial charge < -0.3 is 15.0 Å². The van der Waals surface area contributed by atoms with Crippen molar-refractivity contribution in [2.45, 2.75) is 6.42 Å². The highest BCUT2D eigenvalue weighted by atomic mass is 35.5. The maximum absolute atomic E-state index is 14.4. The number of fused-ring (bicyclic) bond motifs is 1. The summed E-state index contributed by atoms with van der Waals surface area (Å²) in [5.74, 6) is 0.522. The molecular formula is C27H19ClFN3O2. The molecule has 0 atom stereocenters. The molecule has 0 saturated heterocycles. The number of anilines is 1. The molecular weight excluding hydrogens is 453 g/mol. The zero-order valence-electron chi connectivity index (χ0n) is 17.9. The fraction of sp³-hybridized carbons (Fsp3) is 0.0370. The van der Waals surface area contributed by atoms with Gasteiger partial charge in [-0.1, -0.05) is 41.9 Å². The number of halogens is 2. The van der Waals surface area contributed by atoms with Gasteiger partial charge in [-0.2, -0.15) is 0 Å². The van der Waals surface area contributed by atoms with Crippen LogP contribution in [0.1, 0.15) is 21.6 Å². The molecule has 0 radical (unpaired) electrons. The fourth-order valence-electron chi connectivity index (χ4n) is 3.62. The van der Waals surface area contributed by atoms with Gasteiger partial charge in [0.15, 0.2) is 0 Å². The Hall–Kier alpha value is -4.16. The topological polar surface area (TPSA) is 67.0 Å². The lowest BCUT2D eigenvalue weighted by Crippen LogP contribution is -2.13. The Balaban J connectivity index is 1.28. The molecule has 168 valence electrons. The number of H-pyrrole nitrogens is 1. The Morgan fingerprint density at radius 1 is 1.00 bits per heavy atom. The number of carbonyl (C=O) groups excluding carboxylic acids is 1. The van der Waals surface area contributed by atoms with Gasteiger partial charge in [-0.05, 0) is 48.0 Å². The van der Waals surface area contributed by atoms with E-state index < -0.39 is 11.7 Å². The number of ether oxygens (including phenoxy) is 1. The number of benzene rings is 3. The van der Waals surface area contributed by atoms with Crippen LogP contribution >= 0.6 is 11.6 Å². The largest absolute Gasteiger partial charge is 0.457 e. The lowest BCUT2D eigenvalue weighted by Gasteiger charge is -2.09. The van der Waals surface area contributed by atoms with Gasteiger partial charge in [-0.25, -0.2) is 4.39 Å². The van der Waals surface area contributed by atoms with Crippen LogP contribution in [-0.2, 0) is 6.42 Å². The third-order valence-electron chi connectivity index (χ3n) is 5.33. The van der Waals surface area contributed by atoms with Crippen LogP contribution in [0.3, 0.4) is 0 Å². The molecule has 5 nitrogen and oxygen atoms in total. The van der Waals surface area contributed by atoms with E-state index in [9.17, 15) is 9.18 Å². The van der Waals surface area contributed by atoms with E-state index in [1.807, 2.05) is 54.6 Å². The lowest BCUT2D eigenvalue weighted by molar-refractivity contribution is 0.102. The summed E-state index contributed by atoms with van der Waals surface area (Å²) in [6.45, 7) is 0. The van der Waals surface area contributed by atoms with Gasteiger partial charge >= 0.3 is 0 Å². The van der Waals surface area contributed by atoms with E-state index in [0.29, 0.717) is 33.6 Å². The zero-order valence-corrected chi connectivity index (χ0v) is 18.6. The summed E-state index contributed by atoms with van der Waals surface area (Å²) in [6, 6.07) is 23.4. The monoisotopic (exact) mass is 471 g/mol. The first kappa shape index (κ1) is 21.7. The van der Waals surface area contributed by atoms with Crippen molar-refractivity contribution in [3.05, 3.63) is 119 Å². The molecule has 0 fully saturated rings. The van der Waals surface area contributed by atoms with E-state index >= 15 is 0 Å². The van der Waals surface area contributed by atoms with Crippen molar-refractivity contribution in [1.82, 2.24) is 9.97 Å². The molecule has 0 aliphatic heterocycles. The number of para-hydroxylation sites is 1. The van der Waals surface area contributed by atoms with E-state index in [1.54, 1.807) is 24.5 Å². The quantitative estimate of drug-likeness (QED) is 0.280. The van der Waals surface area contributed by atoms with Crippen molar-refractivity contribution in [3.8, 4) is 11.5 Å². The van der Waals surface area contributed by atoms with Gasteiger partial charge in [0.1, 0.15) is 17.3 Å². The summed E-state index contributed by atoms with van der Waals surface area (Å²) in [6.07, 6.45) is 3.68. The number of nitrogens with one attached hydrogen (secondary N) is 2. The number of hydrogen-bond donors (Lipinski definition) is 2. The zero-order chi connectivity index (χ0) is 23.5. The van der Waals surface area contributed by atoms with Crippen molar-refractivity contribution in [3.63, 3.8) is 0 Å². The summed E-state index contributed by atoms with van der Waals surface area (Å²) in [5, 5.41) is 3.71. The summed E-state index contributed by atoms with van der Waals surface area (Å²) < 4.78 is 20.3. The first-order chi connectivity index (χ1) is 16.5. The number of amides is 1. The first-order valence-electron chi connectivity index (χ1n) is 10.6. The highest BCUT2D eigenvalue weighted by Crippen LogP contribution is 2.28. The molecule has 0 bridgehead atoms. The molecule has 0 aliphatic carbocycles. The van der Waals surface area contributed by atoms with Gasteiger partial charge in [0, 0.05) is 47.0 Å². The Kier molecular flexibility index (Phi) is 5.97. The predicted octanol–water partition coefficient (Wildman–Crippen LogP) is 6.99. The average molecular weight is 472 g/mol. The van der Waals surface area contributed by atoms with Crippen LogP contribution in [0.2, 0.25) is 5.02 Å². The molecule has 5 aromatic rings.